The standard InChI is InChI=1S/C16H26N2/c1-9-7-17-13(10-2-3-10)8-18(9)16-14-11-4-5-12(6-11)15(14)16/h9-17H,2-8H2,1H3. The number of rotatable bonds is 2. The summed E-state index contributed by atoms with van der Waals surface area (Å²) < 4.78 is 0. The minimum atomic E-state index is 0.787. The van der Waals surface area contributed by atoms with Gasteiger partial charge in [0, 0.05) is 31.2 Å². The van der Waals surface area contributed by atoms with E-state index in [0.717, 1.165) is 47.7 Å². The van der Waals surface area contributed by atoms with E-state index in [1.807, 2.05) is 0 Å². The maximum atomic E-state index is 3.81. The van der Waals surface area contributed by atoms with Gasteiger partial charge in [0.25, 0.3) is 0 Å². The van der Waals surface area contributed by atoms with Gasteiger partial charge in [0.05, 0.1) is 0 Å². The zero-order valence-electron chi connectivity index (χ0n) is 11.5. The molecule has 0 aromatic carbocycles. The molecule has 100 valence electrons. The van der Waals surface area contributed by atoms with Crippen molar-refractivity contribution in [3.8, 4) is 0 Å². The molecule has 4 aliphatic carbocycles. The van der Waals surface area contributed by atoms with Crippen molar-refractivity contribution >= 4 is 0 Å². The highest BCUT2D eigenvalue weighted by atomic mass is 15.3. The van der Waals surface area contributed by atoms with Crippen LogP contribution < -0.4 is 5.32 Å². The molecule has 1 N–H and O–H groups in total. The number of hydrogen-bond donors (Lipinski definition) is 1. The second kappa shape index (κ2) is 3.52. The van der Waals surface area contributed by atoms with Gasteiger partial charge in [-0.05, 0) is 68.6 Å². The quantitative estimate of drug-likeness (QED) is 0.803. The van der Waals surface area contributed by atoms with Gasteiger partial charge < -0.3 is 5.32 Å². The van der Waals surface area contributed by atoms with Crippen LogP contribution in [0.3, 0.4) is 0 Å². The summed E-state index contributed by atoms with van der Waals surface area (Å²) in [7, 11) is 0. The first-order valence-corrected chi connectivity index (χ1v) is 8.32. The van der Waals surface area contributed by atoms with Gasteiger partial charge >= 0.3 is 0 Å². The van der Waals surface area contributed by atoms with Crippen molar-refractivity contribution in [3.63, 3.8) is 0 Å². The molecule has 5 fully saturated rings. The Labute approximate surface area is 110 Å². The molecule has 18 heavy (non-hydrogen) atoms. The molecule has 0 aromatic rings. The average Bonchev–Trinajstić information content (AvgIpc) is 3.29. The minimum Gasteiger partial charge on any atom is -0.311 e. The molecule has 1 saturated heterocycles. The lowest BCUT2D eigenvalue weighted by molar-refractivity contribution is 0.104. The summed E-state index contributed by atoms with van der Waals surface area (Å²) >= 11 is 0. The van der Waals surface area contributed by atoms with Crippen molar-refractivity contribution in [2.75, 3.05) is 13.1 Å². The first-order valence-electron chi connectivity index (χ1n) is 8.32. The highest BCUT2D eigenvalue weighted by Gasteiger charge is 2.67. The van der Waals surface area contributed by atoms with Gasteiger partial charge in [-0.25, -0.2) is 0 Å². The van der Waals surface area contributed by atoms with E-state index in [2.05, 4.69) is 17.1 Å². The molecule has 1 heterocycles. The number of fused-ring (bicyclic) bond motifs is 5. The molecule has 0 amide bonds. The summed E-state index contributed by atoms with van der Waals surface area (Å²) in [5.74, 6) is 5.54. The molecule has 1 aliphatic heterocycles. The Morgan fingerprint density at radius 3 is 2.28 bits per heavy atom. The van der Waals surface area contributed by atoms with Crippen LogP contribution >= 0.6 is 0 Å². The molecule has 6 unspecified atom stereocenters. The van der Waals surface area contributed by atoms with E-state index in [1.165, 1.54) is 25.9 Å². The van der Waals surface area contributed by atoms with E-state index in [9.17, 15) is 0 Å². The van der Waals surface area contributed by atoms with Crippen molar-refractivity contribution in [3.05, 3.63) is 0 Å². The summed E-state index contributed by atoms with van der Waals surface area (Å²) in [5, 5.41) is 3.81. The number of piperazine rings is 1. The Morgan fingerprint density at radius 2 is 1.61 bits per heavy atom. The zero-order chi connectivity index (χ0) is 11.9. The smallest absolute Gasteiger partial charge is 0.0224 e. The van der Waals surface area contributed by atoms with Crippen LogP contribution in [0.4, 0.5) is 0 Å². The van der Waals surface area contributed by atoms with Crippen LogP contribution in [0.25, 0.3) is 0 Å². The van der Waals surface area contributed by atoms with Crippen LogP contribution in [0.1, 0.15) is 39.0 Å². The van der Waals surface area contributed by atoms with E-state index >= 15 is 0 Å². The fraction of sp³-hybridized carbons (Fsp3) is 1.00. The first-order chi connectivity index (χ1) is 8.83. The Balaban J connectivity index is 1.34. The largest absolute Gasteiger partial charge is 0.311 e. The summed E-state index contributed by atoms with van der Waals surface area (Å²) in [6.07, 6.45) is 7.70. The van der Waals surface area contributed by atoms with Crippen LogP contribution in [0.2, 0.25) is 0 Å². The summed E-state index contributed by atoms with van der Waals surface area (Å²) in [4.78, 5) is 2.93. The SMILES string of the molecule is CC1CNC(C2CC2)CN1C1C2C3CCC(C3)C21. The third-order valence-corrected chi connectivity index (χ3v) is 6.92. The zero-order valence-corrected chi connectivity index (χ0v) is 11.5. The first kappa shape index (κ1) is 10.7. The molecule has 0 aromatic heterocycles. The van der Waals surface area contributed by atoms with Gasteiger partial charge in [0.1, 0.15) is 0 Å². The van der Waals surface area contributed by atoms with Crippen molar-refractivity contribution < 1.29 is 0 Å². The van der Waals surface area contributed by atoms with Crippen molar-refractivity contribution in [1.29, 1.82) is 0 Å². The van der Waals surface area contributed by atoms with Crippen molar-refractivity contribution in [2.45, 2.75) is 57.2 Å². The van der Waals surface area contributed by atoms with Crippen molar-refractivity contribution in [1.82, 2.24) is 10.2 Å². The molecule has 5 aliphatic rings. The minimum absolute atomic E-state index is 0.787. The number of hydrogen-bond acceptors (Lipinski definition) is 2. The van der Waals surface area contributed by atoms with Crippen LogP contribution in [0.15, 0.2) is 0 Å². The normalized spacial score (nSPS) is 58.8. The molecule has 2 heteroatoms. The van der Waals surface area contributed by atoms with Gasteiger partial charge in [0.2, 0.25) is 0 Å². The fourth-order valence-corrected chi connectivity index (χ4v) is 5.86. The average molecular weight is 246 g/mol. The molecule has 0 spiro atoms. The Kier molecular flexibility index (Phi) is 2.09. The van der Waals surface area contributed by atoms with E-state index < -0.39 is 0 Å². The van der Waals surface area contributed by atoms with Crippen LogP contribution in [-0.4, -0.2) is 36.1 Å². The highest BCUT2D eigenvalue weighted by Crippen LogP contribution is 2.67. The van der Waals surface area contributed by atoms with Crippen molar-refractivity contribution in [2.24, 2.45) is 29.6 Å². The second-order valence-electron chi connectivity index (χ2n) is 7.88. The molecule has 6 atom stereocenters. The molecule has 4 saturated carbocycles. The van der Waals surface area contributed by atoms with Gasteiger partial charge in [-0.1, -0.05) is 0 Å². The van der Waals surface area contributed by atoms with Crippen LogP contribution in [0.5, 0.6) is 0 Å². The lowest BCUT2D eigenvalue weighted by Gasteiger charge is -2.40. The fourth-order valence-electron chi connectivity index (χ4n) is 5.86. The van der Waals surface area contributed by atoms with E-state index in [0.29, 0.717) is 0 Å². The third kappa shape index (κ3) is 1.37. The highest BCUT2D eigenvalue weighted by molar-refractivity contribution is 5.18. The summed E-state index contributed by atoms with van der Waals surface area (Å²) in [5.41, 5.74) is 0. The molecule has 0 radical (unpaired) electrons. The van der Waals surface area contributed by atoms with E-state index in [1.54, 1.807) is 19.3 Å². The molecule has 2 nitrogen and oxygen atoms in total. The topological polar surface area (TPSA) is 15.3 Å². The molecule has 5 rings (SSSR count). The predicted molar refractivity (Wildman–Crippen MR) is 72.3 cm³/mol. The van der Waals surface area contributed by atoms with Gasteiger partial charge in [0.15, 0.2) is 0 Å². The summed E-state index contributed by atoms with van der Waals surface area (Å²) in [6, 6.07) is 2.63. The Morgan fingerprint density at radius 1 is 0.944 bits per heavy atom. The molecular formula is C16H26N2. The Bertz CT molecular complexity index is 348. The van der Waals surface area contributed by atoms with Gasteiger partial charge in [-0.2, -0.15) is 0 Å². The van der Waals surface area contributed by atoms with E-state index in [4.69, 9.17) is 0 Å². The predicted octanol–water partition coefficient (Wildman–Crippen LogP) is 2.10. The third-order valence-electron chi connectivity index (χ3n) is 6.92. The summed E-state index contributed by atoms with van der Waals surface area (Å²) in [6.45, 7) is 5.06. The Hall–Kier alpha value is -0.0800. The van der Waals surface area contributed by atoms with E-state index in [-0.39, 0.29) is 0 Å². The maximum absolute atomic E-state index is 3.81. The monoisotopic (exact) mass is 246 g/mol. The molecular weight excluding hydrogens is 220 g/mol. The second-order valence-corrected chi connectivity index (χ2v) is 7.88. The van der Waals surface area contributed by atoms with Crippen LogP contribution in [0, 0.1) is 29.6 Å². The number of nitrogens with one attached hydrogen (secondary N) is 1. The van der Waals surface area contributed by atoms with Crippen LogP contribution in [-0.2, 0) is 0 Å². The number of nitrogens with zero attached hydrogens (tertiary/aromatic N) is 1. The molecule has 2 bridgehead atoms. The van der Waals surface area contributed by atoms with Gasteiger partial charge in [-0.15, -0.1) is 0 Å². The van der Waals surface area contributed by atoms with Gasteiger partial charge in [-0.3, -0.25) is 4.90 Å². The maximum Gasteiger partial charge on any atom is 0.0224 e. The lowest BCUT2D eigenvalue weighted by atomic mass is 10.0. The lowest BCUT2D eigenvalue weighted by Crippen LogP contribution is -2.57.